The molecule has 0 saturated heterocycles. The quantitative estimate of drug-likeness (QED) is 0.586. The van der Waals surface area contributed by atoms with Gasteiger partial charge in [0.25, 0.3) is 0 Å². The van der Waals surface area contributed by atoms with E-state index in [4.69, 9.17) is 14.6 Å². The average Bonchev–Trinajstić information content (AvgIpc) is 2.14. The molecule has 0 spiro atoms. The Balaban J connectivity index is 4.85. The standard InChI is InChI=1S/C9H21NO5S/c1-4-9(14-5-2,15-6-3)8(11)7-16(10,12)13/h8,11H,4-7H2,1-3H3,(H2,10,12,13). The van der Waals surface area contributed by atoms with Crippen LogP contribution in [-0.2, 0) is 19.5 Å². The molecule has 0 aromatic carbocycles. The molecule has 0 aliphatic carbocycles. The smallest absolute Gasteiger partial charge is 0.211 e. The second-order valence-electron chi connectivity index (χ2n) is 3.38. The molecule has 7 heteroatoms. The van der Waals surface area contributed by atoms with Crippen molar-refractivity contribution in [3.8, 4) is 0 Å². The summed E-state index contributed by atoms with van der Waals surface area (Å²) in [6.45, 7) is 5.86. The number of nitrogens with two attached hydrogens (primary N) is 1. The first kappa shape index (κ1) is 15.8. The highest BCUT2D eigenvalue weighted by atomic mass is 32.2. The van der Waals surface area contributed by atoms with Gasteiger partial charge >= 0.3 is 0 Å². The predicted molar refractivity (Wildman–Crippen MR) is 60.3 cm³/mol. The first-order valence-corrected chi connectivity index (χ1v) is 6.99. The van der Waals surface area contributed by atoms with Crippen LogP contribution in [0.3, 0.4) is 0 Å². The van der Waals surface area contributed by atoms with Crippen LogP contribution in [0.5, 0.6) is 0 Å². The summed E-state index contributed by atoms with van der Waals surface area (Å²) in [6.07, 6.45) is -0.960. The van der Waals surface area contributed by atoms with E-state index in [0.717, 1.165) is 0 Å². The van der Waals surface area contributed by atoms with Crippen molar-refractivity contribution in [3.63, 3.8) is 0 Å². The first-order chi connectivity index (χ1) is 7.31. The molecule has 0 aromatic rings. The molecule has 98 valence electrons. The lowest BCUT2D eigenvalue weighted by Crippen LogP contribution is -2.51. The third-order valence-corrected chi connectivity index (χ3v) is 2.95. The number of sulfonamides is 1. The number of aliphatic hydroxyl groups excluding tert-OH is 1. The van der Waals surface area contributed by atoms with E-state index >= 15 is 0 Å². The molecule has 0 amide bonds. The van der Waals surface area contributed by atoms with E-state index in [2.05, 4.69) is 0 Å². The normalized spacial score (nSPS) is 15.1. The third kappa shape index (κ3) is 4.75. The molecular formula is C9H21NO5S. The molecule has 0 rings (SSSR count). The van der Waals surface area contributed by atoms with Crippen molar-refractivity contribution in [2.75, 3.05) is 19.0 Å². The Labute approximate surface area is 96.8 Å². The van der Waals surface area contributed by atoms with Gasteiger partial charge in [0.15, 0.2) is 5.79 Å². The van der Waals surface area contributed by atoms with Crippen LogP contribution < -0.4 is 5.14 Å². The van der Waals surface area contributed by atoms with Crippen LogP contribution in [-0.4, -0.2) is 44.4 Å². The Hall–Kier alpha value is -0.210. The fourth-order valence-corrected chi connectivity index (χ4v) is 2.20. The predicted octanol–water partition coefficient (Wildman–Crippen LogP) is -0.185. The van der Waals surface area contributed by atoms with Gasteiger partial charge in [-0.05, 0) is 13.8 Å². The van der Waals surface area contributed by atoms with E-state index in [1.165, 1.54) is 0 Å². The molecule has 0 aliphatic heterocycles. The van der Waals surface area contributed by atoms with Crippen molar-refractivity contribution in [1.82, 2.24) is 0 Å². The largest absolute Gasteiger partial charge is 0.386 e. The van der Waals surface area contributed by atoms with Crippen LogP contribution in [0.1, 0.15) is 27.2 Å². The van der Waals surface area contributed by atoms with Crippen molar-refractivity contribution in [2.24, 2.45) is 5.14 Å². The molecule has 6 nitrogen and oxygen atoms in total. The molecule has 0 aliphatic rings. The molecule has 0 fully saturated rings. The van der Waals surface area contributed by atoms with Gasteiger partial charge in [-0.25, -0.2) is 13.6 Å². The van der Waals surface area contributed by atoms with Crippen LogP contribution in [0.25, 0.3) is 0 Å². The number of aliphatic hydroxyl groups is 1. The minimum atomic E-state index is -3.76. The lowest BCUT2D eigenvalue weighted by atomic mass is 10.1. The molecule has 0 heterocycles. The van der Waals surface area contributed by atoms with Crippen LogP contribution in [0.4, 0.5) is 0 Å². The lowest BCUT2D eigenvalue weighted by molar-refractivity contribution is -0.276. The van der Waals surface area contributed by atoms with Gasteiger partial charge in [0.1, 0.15) is 6.10 Å². The molecule has 1 unspecified atom stereocenters. The summed E-state index contributed by atoms with van der Waals surface area (Å²) in [5.41, 5.74) is 0. The van der Waals surface area contributed by atoms with Gasteiger partial charge in [-0.1, -0.05) is 6.92 Å². The minimum Gasteiger partial charge on any atom is -0.386 e. The minimum absolute atomic E-state index is 0.315. The highest BCUT2D eigenvalue weighted by Gasteiger charge is 2.39. The van der Waals surface area contributed by atoms with Crippen LogP contribution in [0.2, 0.25) is 0 Å². The highest BCUT2D eigenvalue weighted by molar-refractivity contribution is 7.89. The van der Waals surface area contributed by atoms with Crippen molar-refractivity contribution >= 4 is 10.0 Å². The number of ether oxygens (including phenoxy) is 2. The molecule has 16 heavy (non-hydrogen) atoms. The van der Waals surface area contributed by atoms with E-state index in [-0.39, 0.29) is 0 Å². The fourth-order valence-electron chi connectivity index (χ4n) is 1.51. The van der Waals surface area contributed by atoms with E-state index in [1.54, 1.807) is 20.8 Å². The summed E-state index contributed by atoms with van der Waals surface area (Å²) in [4.78, 5) is 0. The molecular weight excluding hydrogens is 234 g/mol. The number of primary sulfonamides is 1. The Morgan fingerprint density at radius 3 is 1.94 bits per heavy atom. The molecule has 0 bridgehead atoms. The van der Waals surface area contributed by atoms with E-state index < -0.39 is 27.7 Å². The Morgan fingerprint density at radius 1 is 1.25 bits per heavy atom. The third-order valence-electron chi connectivity index (χ3n) is 2.17. The van der Waals surface area contributed by atoms with Crippen LogP contribution in [0, 0.1) is 0 Å². The van der Waals surface area contributed by atoms with Gasteiger partial charge in [0.05, 0.1) is 5.75 Å². The van der Waals surface area contributed by atoms with Gasteiger partial charge in [0, 0.05) is 19.6 Å². The van der Waals surface area contributed by atoms with Gasteiger partial charge in [-0.15, -0.1) is 0 Å². The molecule has 0 saturated carbocycles. The number of hydrogen-bond acceptors (Lipinski definition) is 5. The second kappa shape index (κ2) is 6.51. The zero-order valence-electron chi connectivity index (χ0n) is 9.97. The van der Waals surface area contributed by atoms with E-state index in [0.29, 0.717) is 19.6 Å². The van der Waals surface area contributed by atoms with Crippen molar-refractivity contribution < 1.29 is 23.0 Å². The molecule has 0 radical (unpaired) electrons. The maximum absolute atomic E-state index is 10.9. The summed E-state index contributed by atoms with van der Waals surface area (Å²) < 4.78 is 32.5. The molecule has 3 N–H and O–H groups in total. The van der Waals surface area contributed by atoms with Crippen molar-refractivity contribution in [3.05, 3.63) is 0 Å². The highest BCUT2D eigenvalue weighted by Crippen LogP contribution is 2.23. The Kier molecular flexibility index (Phi) is 6.42. The average molecular weight is 255 g/mol. The van der Waals surface area contributed by atoms with Crippen molar-refractivity contribution in [2.45, 2.75) is 39.1 Å². The van der Waals surface area contributed by atoms with E-state index in [1.807, 2.05) is 0 Å². The lowest BCUT2D eigenvalue weighted by Gasteiger charge is -2.36. The fraction of sp³-hybridized carbons (Fsp3) is 1.00. The van der Waals surface area contributed by atoms with Crippen molar-refractivity contribution in [1.29, 1.82) is 0 Å². The SMILES string of the molecule is CCOC(CC)(OCC)C(O)CS(N)(=O)=O. The first-order valence-electron chi connectivity index (χ1n) is 5.27. The summed E-state index contributed by atoms with van der Waals surface area (Å²) in [6, 6.07) is 0. The maximum Gasteiger partial charge on any atom is 0.211 e. The Morgan fingerprint density at radius 2 is 1.69 bits per heavy atom. The summed E-state index contributed by atoms with van der Waals surface area (Å²) in [7, 11) is -3.76. The van der Waals surface area contributed by atoms with Crippen LogP contribution >= 0.6 is 0 Å². The second-order valence-corrected chi connectivity index (χ2v) is 5.04. The van der Waals surface area contributed by atoms with Gasteiger partial charge in [-0.2, -0.15) is 0 Å². The zero-order valence-corrected chi connectivity index (χ0v) is 10.8. The summed E-state index contributed by atoms with van der Waals surface area (Å²) in [5.74, 6) is -1.88. The molecule has 1 atom stereocenters. The molecule has 0 aromatic heterocycles. The summed E-state index contributed by atoms with van der Waals surface area (Å²) in [5, 5.41) is 14.7. The van der Waals surface area contributed by atoms with E-state index in [9.17, 15) is 13.5 Å². The zero-order chi connectivity index (χ0) is 12.8. The van der Waals surface area contributed by atoms with Gasteiger partial charge < -0.3 is 14.6 Å². The number of hydrogen-bond donors (Lipinski definition) is 2. The Bertz CT molecular complexity index is 284. The van der Waals surface area contributed by atoms with Gasteiger partial charge in [-0.3, -0.25) is 0 Å². The number of rotatable bonds is 8. The maximum atomic E-state index is 10.9. The van der Waals surface area contributed by atoms with Gasteiger partial charge in [0.2, 0.25) is 10.0 Å². The monoisotopic (exact) mass is 255 g/mol. The summed E-state index contributed by atoms with van der Waals surface area (Å²) >= 11 is 0. The topological polar surface area (TPSA) is 98.8 Å². The van der Waals surface area contributed by atoms with Crippen LogP contribution in [0.15, 0.2) is 0 Å².